The van der Waals surface area contributed by atoms with Crippen LogP contribution in [0.1, 0.15) is 18.9 Å². The lowest BCUT2D eigenvalue weighted by molar-refractivity contribution is -0.146. The molecule has 4 N–H and O–H groups in total. The Kier molecular flexibility index (Phi) is 6.54. The van der Waals surface area contributed by atoms with Crippen molar-refractivity contribution in [3.8, 4) is 0 Å². The fraction of sp³-hybridized carbons (Fsp3) is 0.333. The van der Waals surface area contributed by atoms with Crippen molar-refractivity contribution in [3.63, 3.8) is 0 Å². The van der Waals surface area contributed by atoms with E-state index in [1.54, 1.807) is 53.4 Å². The highest BCUT2D eigenvalue weighted by Crippen LogP contribution is 2.50. The van der Waals surface area contributed by atoms with Gasteiger partial charge < -0.3 is 25.8 Å². The highest BCUT2D eigenvalue weighted by Gasteiger charge is 2.69. The lowest BCUT2D eigenvalue weighted by atomic mass is 9.83. The van der Waals surface area contributed by atoms with Crippen molar-refractivity contribution in [2.45, 2.75) is 25.0 Å². The Labute approximate surface area is 206 Å². The van der Waals surface area contributed by atoms with Crippen molar-refractivity contribution in [2.75, 3.05) is 31.2 Å². The van der Waals surface area contributed by atoms with E-state index in [0.717, 1.165) is 0 Å². The number of hydrogen-bond donors (Lipinski definition) is 2. The third kappa shape index (κ3) is 4.03. The topological polar surface area (TPSA) is 142 Å². The fourth-order valence-electron chi connectivity index (χ4n) is 5.23. The number of primary amides is 2. The largest absolute Gasteiger partial charge is 0.456 e. The van der Waals surface area contributed by atoms with Crippen molar-refractivity contribution < 1.29 is 28.7 Å². The molecule has 4 amide bonds. The minimum Gasteiger partial charge on any atom is -0.456 e. The van der Waals surface area contributed by atoms with Crippen molar-refractivity contribution in [3.05, 3.63) is 59.1 Å². The number of esters is 1. The molecule has 2 aromatic rings. The summed E-state index contributed by atoms with van der Waals surface area (Å²) in [4.78, 5) is 52.2. The standard InChI is InChI=1S/C24H25ClN4O6/c1-15(30)35-20-12-24(22(26)32,29(13-20,23(27)33)19-8-4-17(25)5-9-19)16-2-6-18(7-3-16)28-10-11-34-14-21(28)31/h2-9,20H,10-14H2,1H3,(H3-,26,27,32,33)/p+1/t20-,24-,29?/m1/s1. The van der Waals surface area contributed by atoms with E-state index in [1.807, 2.05) is 0 Å². The molecule has 0 spiro atoms. The fourth-order valence-corrected chi connectivity index (χ4v) is 5.35. The number of quaternary nitrogens is 1. The van der Waals surface area contributed by atoms with Crippen molar-refractivity contribution >= 4 is 46.8 Å². The van der Waals surface area contributed by atoms with E-state index < -0.39 is 34.0 Å². The van der Waals surface area contributed by atoms with Gasteiger partial charge in [-0.3, -0.25) is 14.4 Å². The molecule has 2 aliphatic rings. The first-order valence-corrected chi connectivity index (χ1v) is 11.4. The second-order valence-corrected chi connectivity index (χ2v) is 9.05. The minimum atomic E-state index is -1.69. The van der Waals surface area contributed by atoms with E-state index in [4.69, 9.17) is 32.5 Å². The van der Waals surface area contributed by atoms with Gasteiger partial charge in [0.15, 0.2) is 6.10 Å². The Morgan fingerprint density at radius 1 is 1.11 bits per heavy atom. The summed E-state index contributed by atoms with van der Waals surface area (Å²) in [5.74, 6) is -1.56. The van der Waals surface area contributed by atoms with Crippen LogP contribution in [0.4, 0.5) is 16.2 Å². The Morgan fingerprint density at radius 3 is 2.31 bits per heavy atom. The molecule has 3 atom stereocenters. The number of halogens is 1. The average molecular weight is 502 g/mol. The first-order chi connectivity index (χ1) is 16.6. The molecule has 11 heteroatoms. The molecule has 2 fully saturated rings. The summed E-state index contributed by atoms with van der Waals surface area (Å²) in [6, 6.07) is 12.2. The van der Waals surface area contributed by atoms with Crippen LogP contribution in [0.3, 0.4) is 0 Å². The maximum absolute atomic E-state index is 13.3. The van der Waals surface area contributed by atoms with Gasteiger partial charge in [-0.1, -0.05) is 23.7 Å². The monoisotopic (exact) mass is 501 g/mol. The SMILES string of the molecule is CC(=O)O[C@@H]1C[C@](C(N)=O)(c2ccc(N3CCOCC3=O)cc2)[N+](C(N)=O)(c2ccc(Cl)cc2)C1. The zero-order valence-electron chi connectivity index (χ0n) is 19.1. The quantitative estimate of drug-likeness (QED) is 0.472. The second-order valence-electron chi connectivity index (χ2n) is 8.61. The number of ether oxygens (including phenoxy) is 2. The number of likely N-dealkylation sites (tertiary alicyclic amines) is 1. The molecule has 2 aromatic carbocycles. The number of urea groups is 1. The Bertz CT molecular complexity index is 1170. The normalized spacial score (nSPS) is 26.4. The molecular formula is C24H26ClN4O6+. The summed E-state index contributed by atoms with van der Waals surface area (Å²) in [7, 11) is 0. The number of hydrogen-bond acceptors (Lipinski definition) is 6. The molecule has 0 saturated carbocycles. The van der Waals surface area contributed by atoms with Gasteiger partial charge in [-0.2, -0.15) is 4.48 Å². The summed E-state index contributed by atoms with van der Waals surface area (Å²) in [6.07, 6.45) is -0.882. The second kappa shape index (κ2) is 9.29. The molecule has 0 radical (unpaired) electrons. The minimum absolute atomic E-state index is 0.0186. The van der Waals surface area contributed by atoms with E-state index in [2.05, 4.69) is 0 Å². The zero-order chi connectivity index (χ0) is 25.4. The van der Waals surface area contributed by atoms with Crippen molar-refractivity contribution in [1.82, 2.24) is 4.48 Å². The highest BCUT2D eigenvalue weighted by molar-refractivity contribution is 6.30. The number of benzene rings is 2. The van der Waals surface area contributed by atoms with Crippen LogP contribution in [0.25, 0.3) is 0 Å². The summed E-state index contributed by atoms with van der Waals surface area (Å²) in [6.45, 7) is 1.93. The summed E-state index contributed by atoms with van der Waals surface area (Å²) in [5, 5.41) is 0.427. The maximum atomic E-state index is 13.3. The van der Waals surface area contributed by atoms with Gasteiger partial charge in [-0.25, -0.2) is 4.79 Å². The maximum Gasteiger partial charge on any atom is 0.420 e. The number of nitrogens with two attached hydrogens (primary N) is 2. The number of morpholine rings is 1. The summed E-state index contributed by atoms with van der Waals surface area (Å²) in [5.41, 5.74) is 11.7. The predicted octanol–water partition coefficient (Wildman–Crippen LogP) is 1.81. The van der Waals surface area contributed by atoms with E-state index in [9.17, 15) is 19.2 Å². The molecule has 2 aliphatic heterocycles. The number of anilines is 1. The predicted molar refractivity (Wildman–Crippen MR) is 128 cm³/mol. The van der Waals surface area contributed by atoms with Gasteiger partial charge >= 0.3 is 12.0 Å². The summed E-state index contributed by atoms with van der Waals surface area (Å²) < 4.78 is 9.95. The lowest BCUT2D eigenvalue weighted by Crippen LogP contribution is -2.70. The molecule has 1 unspecified atom stereocenters. The lowest BCUT2D eigenvalue weighted by Gasteiger charge is -2.42. The van der Waals surface area contributed by atoms with Crippen LogP contribution in [0.5, 0.6) is 0 Å². The van der Waals surface area contributed by atoms with Gasteiger partial charge in [-0.15, -0.1) is 0 Å². The molecule has 2 saturated heterocycles. The third-order valence-corrected chi connectivity index (χ3v) is 6.93. The summed E-state index contributed by atoms with van der Waals surface area (Å²) >= 11 is 6.07. The molecular weight excluding hydrogens is 476 g/mol. The number of nitrogens with zero attached hydrogens (tertiary/aromatic N) is 2. The van der Waals surface area contributed by atoms with Crippen LogP contribution in [0.2, 0.25) is 5.02 Å². The van der Waals surface area contributed by atoms with Gasteiger partial charge in [0, 0.05) is 41.9 Å². The average Bonchev–Trinajstić information content (AvgIpc) is 3.16. The van der Waals surface area contributed by atoms with Gasteiger partial charge in [0.1, 0.15) is 18.8 Å². The van der Waals surface area contributed by atoms with Crippen molar-refractivity contribution in [2.24, 2.45) is 11.5 Å². The van der Waals surface area contributed by atoms with Gasteiger partial charge in [0.05, 0.1) is 13.0 Å². The van der Waals surface area contributed by atoms with Gasteiger partial charge in [0.25, 0.3) is 11.8 Å². The van der Waals surface area contributed by atoms with E-state index >= 15 is 0 Å². The van der Waals surface area contributed by atoms with Gasteiger partial charge in [-0.05, 0) is 24.3 Å². The Hall–Kier alpha value is -3.47. The highest BCUT2D eigenvalue weighted by atomic mass is 35.5. The number of carbonyl (C=O) groups excluding carboxylic acids is 4. The number of amides is 4. The molecule has 35 heavy (non-hydrogen) atoms. The van der Waals surface area contributed by atoms with Crippen LogP contribution in [0.15, 0.2) is 48.5 Å². The van der Waals surface area contributed by atoms with Crippen LogP contribution in [-0.2, 0) is 29.4 Å². The molecule has 4 rings (SSSR count). The van der Waals surface area contributed by atoms with E-state index in [-0.39, 0.29) is 25.5 Å². The molecule has 0 aromatic heterocycles. The van der Waals surface area contributed by atoms with Crippen LogP contribution < -0.4 is 20.9 Å². The van der Waals surface area contributed by atoms with Gasteiger partial charge in [0.2, 0.25) is 5.54 Å². The zero-order valence-corrected chi connectivity index (χ0v) is 19.9. The molecule has 184 valence electrons. The molecule has 0 bridgehead atoms. The third-order valence-electron chi connectivity index (χ3n) is 6.68. The Morgan fingerprint density at radius 2 is 1.77 bits per heavy atom. The molecule has 10 nitrogen and oxygen atoms in total. The molecule has 2 heterocycles. The first kappa shape index (κ1) is 24.6. The smallest absolute Gasteiger partial charge is 0.420 e. The number of rotatable bonds is 5. The van der Waals surface area contributed by atoms with Crippen LogP contribution in [0, 0.1) is 0 Å². The van der Waals surface area contributed by atoms with E-state index in [1.165, 1.54) is 6.92 Å². The molecule has 0 aliphatic carbocycles. The Balaban J connectivity index is 1.89. The van der Waals surface area contributed by atoms with E-state index in [0.29, 0.717) is 35.1 Å². The number of carbonyl (C=O) groups is 4. The first-order valence-electron chi connectivity index (χ1n) is 11.0. The van der Waals surface area contributed by atoms with Crippen LogP contribution >= 0.6 is 11.6 Å². The van der Waals surface area contributed by atoms with Crippen LogP contribution in [-0.4, -0.2) is 56.2 Å². The van der Waals surface area contributed by atoms with Crippen molar-refractivity contribution in [1.29, 1.82) is 0 Å².